The zero-order valence-corrected chi connectivity index (χ0v) is 14.1. The maximum atomic E-state index is 6.10. The van der Waals surface area contributed by atoms with E-state index in [1.807, 2.05) is 18.2 Å². The van der Waals surface area contributed by atoms with Gasteiger partial charge in [-0.3, -0.25) is 5.32 Å². The number of benzene rings is 2. The summed E-state index contributed by atoms with van der Waals surface area (Å²) in [6, 6.07) is 17.0. The Hall–Kier alpha value is -1.32. The Morgan fingerprint density at radius 2 is 1.76 bits per heavy atom. The number of ether oxygens (including phenoxy) is 1. The second-order valence-corrected chi connectivity index (χ2v) is 6.94. The highest BCUT2D eigenvalue weighted by atomic mass is 79.9. The standard InChI is InChI=1S/C18H20BrNO/c1-12(13-8-4-6-10-15(13)19)20-17-14-9-5-7-11-16(14)21-18(17,2)3/h4-12,17,20H,1-3H3. The summed E-state index contributed by atoms with van der Waals surface area (Å²) in [5.74, 6) is 0.985. The van der Waals surface area contributed by atoms with Crippen LogP contribution in [0.4, 0.5) is 0 Å². The SMILES string of the molecule is CC(NC1c2ccccc2OC1(C)C)c1ccccc1Br. The third-order valence-corrected chi connectivity index (χ3v) is 4.81. The van der Waals surface area contributed by atoms with Gasteiger partial charge in [0.15, 0.2) is 0 Å². The molecule has 2 nitrogen and oxygen atoms in total. The van der Waals surface area contributed by atoms with Crippen LogP contribution in [0.2, 0.25) is 0 Å². The van der Waals surface area contributed by atoms with Gasteiger partial charge >= 0.3 is 0 Å². The van der Waals surface area contributed by atoms with Crippen LogP contribution in [0.25, 0.3) is 0 Å². The van der Waals surface area contributed by atoms with Gasteiger partial charge in [0.25, 0.3) is 0 Å². The third-order valence-electron chi connectivity index (χ3n) is 4.09. The van der Waals surface area contributed by atoms with E-state index in [4.69, 9.17) is 4.74 Å². The maximum Gasteiger partial charge on any atom is 0.125 e. The van der Waals surface area contributed by atoms with Crippen molar-refractivity contribution < 1.29 is 4.74 Å². The highest BCUT2D eigenvalue weighted by molar-refractivity contribution is 9.10. The quantitative estimate of drug-likeness (QED) is 0.843. The summed E-state index contributed by atoms with van der Waals surface area (Å²) in [4.78, 5) is 0. The van der Waals surface area contributed by atoms with Crippen LogP contribution >= 0.6 is 15.9 Å². The van der Waals surface area contributed by atoms with Crippen molar-refractivity contribution in [2.45, 2.75) is 38.5 Å². The van der Waals surface area contributed by atoms with Gasteiger partial charge in [-0.05, 0) is 38.5 Å². The molecule has 0 fully saturated rings. The van der Waals surface area contributed by atoms with Gasteiger partial charge < -0.3 is 4.74 Å². The fourth-order valence-electron chi connectivity index (χ4n) is 2.99. The molecule has 0 spiro atoms. The van der Waals surface area contributed by atoms with Crippen LogP contribution in [0.3, 0.4) is 0 Å². The summed E-state index contributed by atoms with van der Waals surface area (Å²) >= 11 is 3.64. The summed E-state index contributed by atoms with van der Waals surface area (Å²) in [5, 5.41) is 3.73. The van der Waals surface area contributed by atoms with Crippen molar-refractivity contribution in [2.75, 3.05) is 0 Å². The molecule has 1 aliphatic heterocycles. The molecular formula is C18H20BrNO. The van der Waals surface area contributed by atoms with E-state index in [9.17, 15) is 0 Å². The van der Waals surface area contributed by atoms with E-state index in [-0.39, 0.29) is 17.7 Å². The Morgan fingerprint density at radius 3 is 2.52 bits per heavy atom. The Kier molecular flexibility index (Phi) is 3.80. The first-order chi connectivity index (χ1) is 9.99. The lowest BCUT2D eigenvalue weighted by atomic mass is 9.93. The van der Waals surface area contributed by atoms with Crippen molar-refractivity contribution in [3.05, 3.63) is 64.1 Å². The molecule has 3 rings (SSSR count). The molecule has 0 saturated carbocycles. The van der Waals surface area contributed by atoms with E-state index in [0.717, 1.165) is 10.2 Å². The molecule has 2 unspecified atom stereocenters. The predicted octanol–water partition coefficient (Wildman–Crippen LogP) is 5.01. The second kappa shape index (κ2) is 5.47. The minimum atomic E-state index is -0.251. The zero-order valence-electron chi connectivity index (χ0n) is 12.6. The molecule has 3 heteroatoms. The van der Waals surface area contributed by atoms with E-state index in [1.165, 1.54) is 11.1 Å². The van der Waals surface area contributed by atoms with Crippen LogP contribution in [0, 0.1) is 0 Å². The van der Waals surface area contributed by atoms with Gasteiger partial charge in [0.1, 0.15) is 11.4 Å². The molecule has 2 aromatic rings. The summed E-state index contributed by atoms with van der Waals surface area (Å²) in [6.45, 7) is 6.46. The topological polar surface area (TPSA) is 21.3 Å². The largest absolute Gasteiger partial charge is 0.486 e. The van der Waals surface area contributed by atoms with Gasteiger partial charge in [0, 0.05) is 16.1 Å². The highest BCUT2D eigenvalue weighted by Gasteiger charge is 2.41. The second-order valence-electron chi connectivity index (χ2n) is 6.09. The monoisotopic (exact) mass is 345 g/mol. The number of halogens is 1. The Morgan fingerprint density at radius 1 is 1.10 bits per heavy atom. The Bertz CT molecular complexity index is 653. The molecule has 1 N–H and O–H groups in total. The number of hydrogen-bond acceptors (Lipinski definition) is 2. The number of fused-ring (bicyclic) bond motifs is 1. The normalized spacial score (nSPS) is 20.7. The molecule has 2 aromatic carbocycles. The minimum Gasteiger partial charge on any atom is -0.486 e. The molecule has 2 atom stereocenters. The van der Waals surface area contributed by atoms with Gasteiger partial charge in [-0.1, -0.05) is 52.3 Å². The first-order valence-corrected chi connectivity index (χ1v) is 8.07. The van der Waals surface area contributed by atoms with Crippen LogP contribution in [0.15, 0.2) is 53.0 Å². The molecule has 1 aliphatic rings. The molecule has 0 radical (unpaired) electrons. The van der Waals surface area contributed by atoms with E-state index in [0.29, 0.717) is 0 Å². The summed E-state index contributed by atoms with van der Waals surface area (Å²) in [5.41, 5.74) is 2.25. The van der Waals surface area contributed by atoms with E-state index in [1.54, 1.807) is 0 Å². The van der Waals surface area contributed by atoms with Crippen molar-refractivity contribution >= 4 is 15.9 Å². The molecule has 21 heavy (non-hydrogen) atoms. The predicted molar refractivity (Wildman–Crippen MR) is 89.6 cm³/mol. The van der Waals surface area contributed by atoms with E-state index in [2.05, 4.69) is 72.3 Å². The summed E-state index contributed by atoms with van der Waals surface area (Å²) < 4.78 is 7.23. The van der Waals surface area contributed by atoms with Crippen molar-refractivity contribution in [1.29, 1.82) is 0 Å². The van der Waals surface area contributed by atoms with Crippen LogP contribution < -0.4 is 10.1 Å². The van der Waals surface area contributed by atoms with Crippen LogP contribution in [0.1, 0.15) is 44.0 Å². The number of hydrogen-bond donors (Lipinski definition) is 1. The van der Waals surface area contributed by atoms with Crippen molar-refractivity contribution in [1.82, 2.24) is 5.32 Å². The lowest BCUT2D eigenvalue weighted by Crippen LogP contribution is -2.40. The van der Waals surface area contributed by atoms with Crippen molar-refractivity contribution in [3.8, 4) is 5.75 Å². The average molecular weight is 346 g/mol. The maximum absolute atomic E-state index is 6.10. The Labute approximate surface area is 134 Å². The fraction of sp³-hybridized carbons (Fsp3) is 0.333. The van der Waals surface area contributed by atoms with Gasteiger partial charge in [0.05, 0.1) is 6.04 Å². The molecule has 110 valence electrons. The summed E-state index contributed by atoms with van der Waals surface area (Å²) in [7, 11) is 0. The van der Waals surface area contributed by atoms with Gasteiger partial charge in [-0.15, -0.1) is 0 Å². The first kappa shape index (κ1) is 14.6. The van der Waals surface area contributed by atoms with Crippen LogP contribution in [-0.2, 0) is 0 Å². The summed E-state index contributed by atoms with van der Waals surface area (Å²) in [6.07, 6.45) is 0. The number of rotatable bonds is 3. The minimum absolute atomic E-state index is 0.177. The van der Waals surface area contributed by atoms with Crippen molar-refractivity contribution in [3.63, 3.8) is 0 Å². The van der Waals surface area contributed by atoms with Gasteiger partial charge in [-0.2, -0.15) is 0 Å². The average Bonchev–Trinajstić information content (AvgIpc) is 2.70. The number of para-hydroxylation sites is 1. The Balaban J connectivity index is 1.89. The molecule has 0 aromatic heterocycles. The lowest BCUT2D eigenvalue weighted by Gasteiger charge is -2.30. The molecule has 1 heterocycles. The van der Waals surface area contributed by atoms with Crippen LogP contribution in [-0.4, -0.2) is 5.60 Å². The molecule has 0 bridgehead atoms. The molecule has 0 aliphatic carbocycles. The van der Waals surface area contributed by atoms with Gasteiger partial charge in [0.2, 0.25) is 0 Å². The smallest absolute Gasteiger partial charge is 0.125 e. The lowest BCUT2D eigenvalue weighted by molar-refractivity contribution is 0.0919. The van der Waals surface area contributed by atoms with E-state index < -0.39 is 0 Å². The molecule has 0 saturated heterocycles. The third kappa shape index (κ3) is 2.72. The first-order valence-electron chi connectivity index (χ1n) is 7.27. The highest BCUT2D eigenvalue weighted by Crippen LogP contribution is 2.44. The molecule has 0 amide bonds. The zero-order chi connectivity index (χ0) is 15.0. The fourth-order valence-corrected chi connectivity index (χ4v) is 3.61. The van der Waals surface area contributed by atoms with Gasteiger partial charge in [-0.25, -0.2) is 0 Å². The van der Waals surface area contributed by atoms with E-state index >= 15 is 0 Å². The van der Waals surface area contributed by atoms with Crippen molar-refractivity contribution in [2.24, 2.45) is 0 Å². The van der Waals surface area contributed by atoms with Crippen LogP contribution in [0.5, 0.6) is 5.75 Å². The number of nitrogens with one attached hydrogen (secondary N) is 1. The molecular weight excluding hydrogens is 326 g/mol.